The minimum absolute atomic E-state index is 0.0717. The molecule has 1 amide bonds. The minimum Gasteiger partial charge on any atom is -0.378 e. The van der Waals surface area contributed by atoms with Crippen LogP contribution in [0.15, 0.2) is 17.1 Å². The number of anilines is 1. The van der Waals surface area contributed by atoms with Crippen LogP contribution in [-0.2, 0) is 16.6 Å². The fourth-order valence-corrected chi connectivity index (χ4v) is 2.58. The summed E-state index contributed by atoms with van der Waals surface area (Å²) in [5, 5.41) is 2.93. The molecule has 1 aromatic heterocycles. The second kappa shape index (κ2) is 7.56. The lowest BCUT2D eigenvalue weighted by Gasteiger charge is -2.34. The Balaban J connectivity index is 2.09. The second-order valence-corrected chi connectivity index (χ2v) is 5.79. The van der Waals surface area contributed by atoms with E-state index in [-0.39, 0.29) is 17.5 Å². The molecule has 0 aromatic carbocycles. The molecular weight excluding hydrogens is 282 g/mol. The quantitative estimate of drug-likeness (QED) is 0.886. The molecule has 22 heavy (non-hydrogen) atoms. The van der Waals surface area contributed by atoms with Crippen molar-refractivity contribution in [3.63, 3.8) is 0 Å². The van der Waals surface area contributed by atoms with Crippen LogP contribution in [0.4, 0.5) is 5.69 Å². The molecular formula is C16H25N3O3. The van der Waals surface area contributed by atoms with Gasteiger partial charge in [0.2, 0.25) is 5.91 Å². The standard InChI is InChI=1S/C16H25N3O3/c1-4-5-6-19-7-8-22-11-14(19)16(21)17-13-10-18(3)15(20)9-12(13)2/h9-10,14H,4-8,11H2,1-3H3,(H,17,21). The maximum absolute atomic E-state index is 12.6. The van der Waals surface area contributed by atoms with Crippen LogP contribution >= 0.6 is 0 Å². The monoisotopic (exact) mass is 307 g/mol. The van der Waals surface area contributed by atoms with Crippen molar-refractivity contribution in [3.05, 3.63) is 28.2 Å². The number of amides is 1. The number of hydrogen-bond acceptors (Lipinski definition) is 4. The zero-order chi connectivity index (χ0) is 16.1. The van der Waals surface area contributed by atoms with Gasteiger partial charge in [0.05, 0.1) is 18.9 Å². The smallest absolute Gasteiger partial charge is 0.250 e. The van der Waals surface area contributed by atoms with E-state index in [9.17, 15) is 9.59 Å². The van der Waals surface area contributed by atoms with Crippen molar-refractivity contribution in [1.29, 1.82) is 0 Å². The van der Waals surface area contributed by atoms with Crippen LogP contribution in [0.2, 0.25) is 0 Å². The average molecular weight is 307 g/mol. The summed E-state index contributed by atoms with van der Waals surface area (Å²) in [6.07, 6.45) is 3.84. The van der Waals surface area contributed by atoms with Crippen LogP contribution in [0.3, 0.4) is 0 Å². The summed E-state index contributed by atoms with van der Waals surface area (Å²) in [6, 6.07) is 1.26. The highest BCUT2D eigenvalue weighted by atomic mass is 16.5. The maximum atomic E-state index is 12.6. The molecule has 1 aliphatic rings. The molecule has 1 aliphatic heterocycles. The third-order valence-corrected chi connectivity index (χ3v) is 4.03. The molecule has 1 unspecified atom stereocenters. The number of unbranched alkanes of at least 4 members (excludes halogenated alkanes) is 1. The summed E-state index contributed by atoms with van der Waals surface area (Å²) in [6.45, 7) is 6.74. The number of hydrogen-bond donors (Lipinski definition) is 1. The third-order valence-electron chi connectivity index (χ3n) is 4.03. The molecule has 0 saturated carbocycles. The first kappa shape index (κ1) is 16.7. The van der Waals surface area contributed by atoms with Gasteiger partial charge in [-0.25, -0.2) is 0 Å². The van der Waals surface area contributed by atoms with Crippen molar-refractivity contribution in [2.75, 3.05) is 31.6 Å². The van der Waals surface area contributed by atoms with Crippen LogP contribution < -0.4 is 10.9 Å². The number of morpholine rings is 1. The molecule has 1 fully saturated rings. The lowest BCUT2D eigenvalue weighted by Crippen LogP contribution is -2.52. The van der Waals surface area contributed by atoms with Crippen LogP contribution in [0.1, 0.15) is 25.3 Å². The molecule has 1 N–H and O–H groups in total. The van der Waals surface area contributed by atoms with Crippen molar-refractivity contribution >= 4 is 11.6 Å². The molecule has 0 aliphatic carbocycles. The second-order valence-electron chi connectivity index (χ2n) is 5.79. The third kappa shape index (κ3) is 3.96. The fourth-order valence-electron chi connectivity index (χ4n) is 2.58. The predicted molar refractivity (Wildman–Crippen MR) is 86.1 cm³/mol. The van der Waals surface area contributed by atoms with Gasteiger partial charge in [-0.3, -0.25) is 14.5 Å². The first-order valence-electron chi connectivity index (χ1n) is 7.83. The van der Waals surface area contributed by atoms with Crippen LogP contribution in [0.5, 0.6) is 0 Å². The molecule has 0 bridgehead atoms. The van der Waals surface area contributed by atoms with Gasteiger partial charge < -0.3 is 14.6 Å². The number of aryl methyl sites for hydroxylation is 2. The number of nitrogens with one attached hydrogen (secondary N) is 1. The van der Waals surface area contributed by atoms with Crippen molar-refractivity contribution in [2.24, 2.45) is 7.05 Å². The normalized spacial score (nSPS) is 19.1. The van der Waals surface area contributed by atoms with E-state index < -0.39 is 0 Å². The average Bonchev–Trinajstić information content (AvgIpc) is 2.50. The van der Waals surface area contributed by atoms with Crippen molar-refractivity contribution in [2.45, 2.75) is 32.7 Å². The van der Waals surface area contributed by atoms with Gasteiger partial charge in [-0.1, -0.05) is 13.3 Å². The number of pyridine rings is 1. The number of carbonyl (C=O) groups is 1. The van der Waals surface area contributed by atoms with E-state index in [0.717, 1.165) is 31.5 Å². The highest BCUT2D eigenvalue weighted by Gasteiger charge is 2.29. The van der Waals surface area contributed by atoms with Crippen molar-refractivity contribution in [3.8, 4) is 0 Å². The van der Waals surface area contributed by atoms with Gasteiger partial charge in [-0.2, -0.15) is 0 Å². The van der Waals surface area contributed by atoms with E-state index in [1.807, 2.05) is 6.92 Å². The molecule has 2 heterocycles. The predicted octanol–water partition coefficient (Wildman–Crippen LogP) is 1.13. The summed E-state index contributed by atoms with van der Waals surface area (Å²) in [5.41, 5.74) is 1.36. The Bertz CT molecular complexity index is 582. The molecule has 1 aromatic rings. The molecule has 2 rings (SSSR count). The van der Waals surface area contributed by atoms with Gasteiger partial charge in [0, 0.05) is 25.9 Å². The summed E-state index contributed by atoms with van der Waals surface area (Å²) in [7, 11) is 1.68. The summed E-state index contributed by atoms with van der Waals surface area (Å²) in [4.78, 5) is 26.3. The number of rotatable bonds is 5. The lowest BCUT2D eigenvalue weighted by molar-refractivity contribution is -0.127. The Morgan fingerprint density at radius 1 is 1.50 bits per heavy atom. The highest BCUT2D eigenvalue weighted by Crippen LogP contribution is 2.15. The van der Waals surface area contributed by atoms with Gasteiger partial charge in [0.1, 0.15) is 6.04 Å². The van der Waals surface area contributed by atoms with E-state index in [1.54, 1.807) is 13.2 Å². The summed E-state index contributed by atoms with van der Waals surface area (Å²) < 4.78 is 6.93. The zero-order valence-corrected chi connectivity index (χ0v) is 13.6. The minimum atomic E-state index is -0.267. The summed E-state index contributed by atoms with van der Waals surface area (Å²) >= 11 is 0. The van der Waals surface area contributed by atoms with Gasteiger partial charge in [-0.15, -0.1) is 0 Å². The SMILES string of the molecule is CCCCN1CCOCC1C(=O)Nc1cn(C)c(=O)cc1C. The molecule has 6 heteroatoms. The molecule has 1 atom stereocenters. The number of aromatic nitrogens is 1. The van der Waals surface area contributed by atoms with Gasteiger partial charge in [0.15, 0.2) is 0 Å². The molecule has 1 saturated heterocycles. The van der Waals surface area contributed by atoms with Crippen molar-refractivity contribution in [1.82, 2.24) is 9.47 Å². The molecule has 0 radical (unpaired) electrons. The van der Waals surface area contributed by atoms with Gasteiger partial charge in [0.25, 0.3) is 5.56 Å². The Hall–Kier alpha value is -1.66. The van der Waals surface area contributed by atoms with Gasteiger partial charge >= 0.3 is 0 Å². The lowest BCUT2D eigenvalue weighted by atomic mass is 10.1. The number of nitrogens with zero attached hydrogens (tertiary/aromatic N) is 2. The Kier molecular flexibility index (Phi) is 5.74. The first-order valence-corrected chi connectivity index (χ1v) is 7.83. The molecule has 6 nitrogen and oxygen atoms in total. The first-order chi connectivity index (χ1) is 10.5. The number of ether oxygens (including phenoxy) is 1. The largest absolute Gasteiger partial charge is 0.378 e. The van der Waals surface area contributed by atoms with E-state index >= 15 is 0 Å². The van der Waals surface area contributed by atoms with E-state index in [2.05, 4.69) is 17.1 Å². The maximum Gasteiger partial charge on any atom is 0.250 e. The van der Waals surface area contributed by atoms with Crippen LogP contribution in [0, 0.1) is 6.92 Å². The van der Waals surface area contributed by atoms with Crippen LogP contribution in [-0.4, -0.2) is 47.7 Å². The zero-order valence-electron chi connectivity index (χ0n) is 13.6. The summed E-state index contributed by atoms with van der Waals surface area (Å²) in [5.74, 6) is -0.0717. The Labute approximate surface area is 131 Å². The topological polar surface area (TPSA) is 63.6 Å². The fraction of sp³-hybridized carbons (Fsp3) is 0.625. The molecule has 0 spiro atoms. The Morgan fingerprint density at radius 2 is 2.27 bits per heavy atom. The van der Waals surface area contributed by atoms with E-state index in [4.69, 9.17) is 4.74 Å². The number of carbonyl (C=O) groups excluding carboxylic acids is 1. The van der Waals surface area contributed by atoms with Crippen LogP contribution in [0.25, 0.3) is 0 Å². The van der Waals surface area contributed by atoms with Gasteiger partial charge in [-0.05, 0) is 25.5 Å². The van der Waals surface area contributed by atoms with E-state index in [0.29, 0.717) is 18.9 Å². The van der Waals surface area contributed by atoms with E-state index in [1.165, 1.54) is 10.6 Å². The molecule has 122 valence electrons. The highest BCUT2D eigenvalue weighted by molar-refractivity contribution is 5.95. The van der Waals surface area contributed by atoms with Crippen molar-refractivity contribution < 1.29 is 9.53 Å². The Morgan fingerprint density at radius 3 is 3.00 bits per heavy atom.